The monoisotopic (exact) mass is 1240 g/mol. The zero-order chi connectivity index (χ0) is 62.2. The fourth-order valence-corrected chi connectivity index (χ4v) is 11.3. The van der Waals surface area contributed by atoms with Crippen molar-refractivity contribution in [2.45, 2.75) is 342 Å². The predicted molar refractivity (Wildman–Crippen MR) is 335 cm³/mol. The summed E-state index contributed by atoms with van der Waals surface area (Å²) in [7, 11) is -9.88. The Morgan fingerprint density at radius 1 is 0.321 bits per heavy atom. The summed E-state index contributed by atoms with van der Waals surface area (Å²) >= 11 is 0. The molecule has 3 N–H and O–H groups in total. The molecule has 0 aliphatic carbocycles. The third-order valence-corrected chi connectivity index (χ3v) is 16.9. The van der Waals surface area contributed by atoms with Crippen molar-refractivity contribution in [3.05, 3.63) is 0 Å². The number of hydrogen-bond donors (Lipinski definition) is 3. The number of ether oxygens (including phenoxy) is 4. The summed E-state index contributed by atoms with van der Waals surface area (Å²) in [5, 5.41) is 10.5. The second kappa shape index (κ2) is 57.5. The van der Waals surface area contributed by atoms with Crippen LogP contribution in [-0.2, 0) is 65.4 Å². The van der Waals surface area contributed by atoms with Gasteiger partial charge in [-0.1, -0.05) is 273 Å². The first kappa shape index (κ1) is 82.1. The van der Waals surface area contributed by atoms with Gasteiger partial charge >= 0.3 is 39.5 Å². The molecular formula is C65H126O17P2. The van der Waals surface area contributed by atoms with Crippen molar-refractivity contribution in [1.82, 2.24) is 0 Å². The van der Waals surface area contributed by atoms with Gasteiger partial charge in [0.1, 0.15) is 19.3 Å². The number of esters is 4. The second-order valence-electron chi connectivity index (χ2n) is 24.5. The van der Waals surface area contributed by atoms with E-state index in [1.165, 1.54) is 135 Å². The molecule has 0 saturated carbocycles. The molecule has 0 bridgehead atoms. The molecule has 0 aromatic heterocycles. The highest BCUT2D eigenvalue weighted by Gasteiger charge is 2.30. The molecule has 0 fully saturated rings. The van der Waals surface area contributed by atoms with Crippen molar-refractivity contribution >= 4 is 39.5 Å². The summed E-state index contributed by atoms with van der Waals surface area (Å²) in [6.07, 6.45) is 40.6. The number of carbonyl (C=O) groups is 4. The third-order valence-electron chi connectivity index (χ3n) is 15.0. The summed E-state index contributed by atoms with van der Waals surface area (Å²) < 4.78 is 67.9. The maximum Gasteiger partial charge on any atom is 0.472 e. The fourth-order valence-electron chi connectivity index (χ4n) is 9.71. The highest BCUT2D eigenvalue weighted by Crippen LogP contribution is 2.45. The van der Waals surface area contributed by atoms with Gasteiger partial charge in [-0.25, -0.2) is 9.13 Å². The van der Waals surface area contributed by atoms with Crippen LogP contribution in [0.2, 0.25) is 0 Å². The van der Waals surface area contributed by atoms with E-state index in [2.05, 4.69) is 41.5 Å². The Morgan fingerprint density at radius 2 is 0.548 bits per heavy atom. The van der Waals surface area contributed by atoms with E-state index in [0.29, 0.717) is 25.7 Å². The zero-order valence-corrected chi connectivity index (χ0v) is 56.0. The summed E-state index contributed by atoms with van der Waals surface area (Å²) in [6.45, 7) is 9.42. The van der Waals surface area contributed by atoms with Crippen molar-refractivity contribution in [3.63, 3.8) is 0 Å². The van der Waals surface area contributed by atoms with Gasteiger partial charge in [0.15, 0.2) is 12.2 Å². The summed E-state index contributed by atoms with van der Waals surface area (Å²) in [6, 6.07) is 0. The highest BCUT2D eigenvalue weighted by atomic mass is 31.2. The molecule has 84 heavy (non-hydrogen) atoms. The summed E-state index contributed by atoms with van der Waals surface area (Å²) in [5.74, 6) is -0.605. The molecule has 0 spiro atoms. The molecule has 0 aromatic carbocycles. The van der Waals surface area contributed by atoms with E-state index >= 15 is 0 Å². The standard InChI is InChI=1S/C65H126O17P2/c1-7-9-11-13-14-15-18-26-31-37-43-49-64(69)81-60(53-75-62(67)47-41-33-12-10-8-2)55-79-83(71,72)77-51-59(66)52-78-84(73,74)80-56-61(82-65(70)50-44-38-32-27-22-17-20-24-29-35-40-46-58(5)6)54-76-63(68)48-42-36-30-25-21-16-19-23-28-34-39-45-57(3)4/h57-61,66H,7-56H2,1-6H3,(H,71,72)(H,73,74)/t59-,60+,61+/m0/s1. The van der Waals surface area contributed by atoms with E-state index in [1.54, 1.807) is 0 Å². The van der Waals surface area contributed by atoms with Gasteiger partial charge in [0.2, 0.25) is 0 Å². The molecule has 0 rings (SSSR count). The number of aliphatic hydroxyl groups is 1. The SMILES string of the molecule is CCCCCCCCCCCCCC(=O)O[C@H](COC(=O)CCCCCCC)COP(=O)(O)OC[C@H](O)COP(=O)(O)OC[C@@H](COC(=O)CCCCCCCCCCCCCC(C)C)OC(=O)CCCCCCCCCCCCCC(C)C. The molecule has 5 atom stereocenters. The van der Waals surface area contributed by atoms with Gasteiger partial charge in [0.25, 0.3) is 0 Å². The molecule has 0 amide bonds. The van der Waals surface area contributed by atoms with Gasteiger partial charge in [0, 0.05) is 25.7 Å². The van der Waals surface area contributed by atoms with E-state index in [1.807, 2.05) is 0 Å². The number of hydrogen-bond acceptors (Lipinski definition) is 15. The maximum absolute atomic E-state index is 13.0. The number of phosphoric ester groups is 2. The normalized spacial score (nSPS) is 14.3. The lowest BCUT2D eigenvalue weighted by Gasteiger charge is -2.21. The van der Waals surface area contributed by atoms with Crippen LogP contribution in [0.3, 0.4) is 0 Å². The largest absolute Gasteiger partial charge is 0.472 e. The Bertz CT molecular complexity index is 1650. The van der Waals surface area contributed by atoms with Crippen molar-refractivity contribution in [2.75, 3.05) is 39.6 Å². The minimum Gasteiger partial charge on any atom is -0.462 e. The molecule has 2 unspecified atom stereocenters. The fraction of sp³-hybridized carbons (Fsp3) is 0.938. The number of aliphatic hydroxyl groups excluding tert-OH is 1. The van der Waals surface area contributed by atoms with Crippen molar-refractivity contribution in [1.29, 1.82) is 0 Å². The lowest BCUT2D eigenvalue weighted by atomic mass is 10.0. The molecule has 0 aromatic rings. The van der Waals surface area contributed by atoms with Crippen LogP contribution in [0.4, 0.5) is 0 Å². The van der Waals surface area contributed by atoms with E-state index in [9.17, 15) is 43.2 Å². The smallest absolute Gasteiger partial charge is 0.462 e. The first-order valence-corrected chi connectivity index (χ1v) is 37.0. The first-order valence-electron chi connectivity index (χ1n) is 34.0. The minimum absolute atomic E-state index is 0.106. The Labute approximate surface area is 511 Å². The van der Waals surface area contributed by atoms with Crippen LogP contribution in [0, 0.1) is 11.8 Å². The van der Waals surface area contributed by atoms with Crippen LogP contribution in [-0.4, -0.2) is 96.7 Å². The van der Waals surface area contributed by atoms with Gasteiger partial charge in [0.05, 0.1) is 26.4 Å². The van der Waals surface area contributed by atoms with Crippen LogP contribution in [0.1, 0.15) is 324 Å². The van der Waals surface area contributed by atoms with Crippen LogP contribution < -0.4 is 0 Å². The van der Waals surface area contributed by atoms with E-state index in [4.69, 9.17) is 37.0 Å². The lowest BCUT2D eigenvalue weighted by molar-refractivity contribution is -0.161. The molecule has 17 nitrogen and oxygen atoms in total. The quantitative estimate of drug-likeness (QED) is 0.0222. The topological polar surface area (TPSA) is 237 Å². The van der Waals surface area contributed by atoms with Crippen molar-refractivity contribution in [3.8, 4) is 0 Å². The van der Waals surface area contributed by atoms with Gasteiger partial charge in [-0.15, -0.1) is 0 Å². The first-order chi connectivity index (χ1) is 40.4. The average molecular weight is 1240 g/mol. The van der Waals surface area contributed by atoms with Gasteiger partial charge in [-0.05, 0) is 37.5 Å². The summed E-state index contributed by atoms with van der Waals surface area (Å²) in [5.41, 5.74) is 0. The highest BCUT2D eigenvalue weighted by molar-refractivity contribution is 7.47. The summed E-state index contributed by atoms with van der Waals surface area (Å²) in [4.78, 5) is 72.0. The molecular weight excluding hydrogens is 1110 g/mol. The number of phosphoric acid groups is 2. The second-order valence-corrected chi connectivity index (χ2v) is 27.4. The third kappa shape index (κ3) is 59.0. The number of unbranched alkanes of at least 4 members (excludes halogenated alkanes) is 34. The number of rotatable bonds is 64. The van der Waals surface area contributed by atoms with E-state index in [0.717, 1.165) is 108 Å². The van der Waals surface area contributed by atoms with Gasteiger partial charge in [-0.3, -0.25) is 37.3 Å². The van der Waals surface area contributed by atoms with E-state index < -0.39 is 97.5 Å². The maximum atomic E-state index is 13.0. The Morgan fingerprint density at radius 3 is 0.810 bits per heavy atom. The van der Waals surface area contributed by atoms with Crippen LogP contribution in [0.5, 0.6) is 0 Å². The molecule has 0 saturated heterocycles. The predicted octanol–water partition coefficient (Wildman–Crippen LogP) is 18.0. The molecule has 0 heterocycles. The lowest BCUT2D eigenvalue weighted by Crippen LogP contribution is -2.30. The molecule has 0 radical (unpaired) electrons. The van der Waals surface area contributed by atoms with Crippen LogP contribution in [0.25, 0.3) is 0 Å². The Balaban J connectivity index is 5.18. The van der Waals surface area contributed by atoms with Crippen molar-refractivity contribution < 1.29 is 80.2 Å². The van der Waals surface area contributed by atoms with Gasteiger partial charge < -0.3 is 33.8 Å². The number of carbonyl (C=O) groups excluding carboxylic acids is 4. The van der Waals surface area contributed by atoms with Crippen LogP contribution >= 0.6 is 15.6 Å². The molecule has 498 valence electrons. The Kier molecular flexibility index (Phi) is 56.2. The minimum atomic E-state index is -4.95. The molecule has 0 aliphatic heterocycles. The average Bonchev–Trinajstić information content (AvgIpc) is 3.49. The zero-order valence-electron chi connectivity index (χ0n) is 54.2. The van der Waals surface area contributed by atoms with Crippen LogP contribution in [0.15, 0.2) is 0 Å². The van der Waals surface area contributed by atoms with Gasteiger partial charge in [-0.2, -0.15) is 0 Å². The molecule has 0 aliphatic rings. The van der Waals surface area contributed by atoms with Crippen molar-refractivity contribution in [2.24, 2.45) is 11.8 Å². The molecule has 19 heteroatoms. The Hall–Kier alpha value is -1.94. The van der Waals surface area contributed by atoms with E-state index in [-0.39, 0.29) is 25.7 Å².